The van der Waals surface area contributed by atoms with E-state index >= 15 is 0 Å². The van der Waals surface area contributed by atoms with E-state index in [1.165, 1.54) is 16.4 Å². The summed E-state index contributed by atoms with van der Waals surface area (Å²) in [6, 6.07) is 8.14. The van der Waals surface area contributed by atoms with Gasteiger partial charge in [-0.1, -0.05) is 12.1 Å². The smallest absolute Gasteiger partial charge is 0.250 e. The standard InChI is InChI=1S/C18H22IN7O/c19-15-5-3-14(4-6-15)13-20-24-16-21-17(25-7-1-2-8-25)23-18(22-16)26-9-11-27-12-10-26/h3-6,13H,1-2,7-12H2,(H,21,22,23,24)/b20-13+. The molecule has 0 spiro atoms. The molecular weight excluding hydrogens is 457 g/mol. The molecule has 2 aromatic rings. The molecule has 142 valence electrons. The van der Waals surface area contributed by atoms with Crippen molar-refractivity contribution < 1.29 is 4.74 Å². The number of halogens is 1. The van der Waals surface area contributed by atoms with Crippen molar-refractivity contribution >= 4 is 46.7 Å². The highest BCUT2D eigenvalue weighted by molar-refractivity contribution is 14.1. The highest BCUT2D eigenvalue weighted by Crippen LogP contribution is 2.21. The molecule has 3 heterocycles. The van der Waals surface area contributed by atoms with Gasteiger partial charge in [0.25, 0.3) is 0 Å². The summed E-state index contributed by atoms with van der Waals surface area (Å²) >= 11 is 2.28. The Morgan fingerprint density at radius 3 is 2.22 bits per heavy atom. The highest BCUT2D eigenvalue weighted by Gasteiger charge is 2.21. The van der Waals surface area contributed by atoms with Crippen LogP contribution < -0.4 is 15.2 Å². The fraction of sp³-hybridized carbons (Fsp3) is 0.444. The summed E-state index contributed by atoms with van der Waals surface area (Å²) in [7, 11) is 0. The first-order valence-electron chi connectivity index (χ1n) is 9.16. The van der Waals surface area contributed by atoms with Crippen molar-refractivity contribution in [3.8, 4) is 0 Å². The Morgan fingerprint density at radius 1 is 0.926 bits per heavy atom. The minimum Gasteiger partial charge on any atom is -0.378 e. The van der Waals surface area contributed by atoms with Crippen molar-refractivity contribution in [1.29, 1.82) is 0 Å². The molecule has 8 nitrogen and oxygen atoms in total. The zero-order valence-electron chi connectivity index (χ0n) is 15.0. The van der Waals surface area contributed by atoms with Gasteiger partial charge < -0.3 is 14.5 Å². The van der Waals surface area contributed by atoms with Crippen LogP contribution in [-0.2, 0) is 4.74 Å². The molecule has 0 aliphatic carbocycles. The molecule has 1 aromatic heterocycles. The van der Waals surface area contributed by atoms with Crippen LogP contribution in [0.1, 0.15) is 18.4 Å². The predicted octanol–water partition coefficient (Wildman–Crippen LogP) is 2.36. The maximum absolute atomic E-state index is 5.44. The Balaban J connectivity index is 1.54. The summed E-state index contributed by atoms with van der Waals surface area (Å²) in [5.41, 5.74) is 3.99. The number of ether oxygens (including phenoxy) is 1. The van der Waals surface area contributed by atoms with E-state index in [4.69, 9.17) is 9.72 Å². The van der Waals surface area contributed by atoms with Crippen LogP contribution in [0.25, 0.3) is 0 Å². The van der Waals surface area contributed by atoms with Gasteiger partial charge in [-0.25, -0.2) is 5.43 Å². The van der Waals surface area contributed by atoms with Gasteiger partial charge in [0.1, 0.15) is 0 Å². The summed E-state index contributed by atoms with van der Waals surface area (Å²) in [5.74, 6) is 1.87. The lowest BCUT2D eigenvalue weighted by Crippen LogP contribution is -2.38. The van der Waals surface area contributed by atoms with Crippen LogP contribution in [0.3, 0.4) is 0 Å². The van der Waals surface area contributed by atoms with Gasteiger partial charge in [-0.15, -0.1) is 0 Å². The Labute approximate surface area is 172 Å². The molecule has 2 saturated heterocycles. The van der Waals surface area contributed by atoms with Crippen LogP contribution in [0.15, 0.2) is 29.4 Å². The number of hydrazone groups is 1. The van der Waals surface area contributed by atoms with Crippen molar-refractivity contribution in [3.05, 3.63) is 33.4 Å². The number of aromatic nitrogens is 3. The van der Waals surface area contributed by atoms with Gasteiger partial charge in [0, 0.05) is 29.7 Å². The van der Waals surface area contributed by atoms with Gasteiger partial charge in [0.2, 0.25) is 17.8 Å². The molecule has 1 N–H and O–H groups in total. The van der Waals surface area contributed by atoms with Gasteiger partial charge in [-0.3, -0.25) is 0 Å². The fourth-order valence-electron chi connectivity index (χ4n) is 3.08. The number of nitrogens with zero attached hydrogens (tertiary/aromatic N) is 6. The van der Waals surface area contributed by atoms with Crippen LogP contribution in [0.5, 0.6) is 0 Å². The lowest BCUT2D eigenvalue weighted by atomic mass is 10.2. The number of nitrogens with one attached hydrogen (secondary N) is 1. The topological polar surface area (TPSA) is 78.8 Å². The second kappa shape index (κ2) is 8.79. The van der Waals surface area contributed by atoms with E-state index in [1.807, 2.05) is 24.3 Å². The van der Waals surface area contributed by atoms with E-state index in [1.54, 1.807) is 6.21 Å². The second-order valence-electron chi connectivity index (χ2n) is 6.47. The van der Waals surface area contributed by atoms with Crippen molar-refractivity contribution in [1.82, 2.24) is 15.0 Å². The van der Waals surface area contributed by atoms with E-state index < -0.39 is 0 Å². The molecule has 0 radical (unpaired) electrons. The van der Waals surface area contributed by atoms with E-state index in [2.05, 4.69) is 52.9 Å². The van der Waals surface area contributed by atoms with Gasteiger partial charge in [-0.2, -0.15) is 20.1 Å². The normalized spacial score (nSPS) is 17.7. The Hall–Kier alpha value is -2.01. The molecule has 0 atom stereocenters. The van der Waals surface area contributed by atoms with Gasteiger partial charge in [-0.05, 0) is 53.1 Å². The minimum absolute atomic E-state index is 0.468. The molecule has 0 unspecified atom stereocenters. The Morgan fingerprint density at radius 2 is 1.56 bits per heavy atom. The Bertz CT molecular complexity index is 787. The maximum atomic E-state index is 5.44. The summed E-state index contributed by atoms with van der Waals surface area (Å²) < 4.78 is 6.64. The van der Waals surface area contributed by atoms with Crippen LogP contribution >= 0.6 is 22.6 Å². The molecule has 2 aliphatic heterocycles. The average Bonchev–Trinajstić information content (AvgIpc) is 3.25. The lowest BCUT2D eigenvalue weighted by Gasteiger charge is -2.27. The Kier molecular flexibility index (Phi) is 5.97. The maximum Gasteiger partial charge on any atom is 0.250 e. The van der Waals surface area contributed by atoms with Gasteiger partial charge >= 0.3 is 0 Å². The molecule has 9 heteroatoms. The first kappa shape index (κ1) is 18.4. The number of hydrogen-bond donors (Lipinski definition) is 1. The van der Waals surface area contributed by atoms with Crippen molar-refractivity contribution in [2.45, 2.75) is 12.8 Å². The first-order valence-corrected chi connectivity index (χ1v) is 10.2. The van der Waals surface area contributed by atoms with Crippen LogP contribution in [0.4, 0.5) is 17.8 Å². The number of rotatable bonds is 5. The van der Waals surface area contributed by atoms with Crippen LogP contribution in [0, 0.1) is 3.57 Å². The fourth-order valence-corrected chi connectivity index (χ4v) is 3.44. The second-order valence-corrected chi connectivity index (χ2v) is 7.72. The van der Waals surface area contributed by atoms with Crippen molar-refractivity contribution in [3.63, 3.8) is 0 Å². The van der Waals surface area contributed by atoms with Crippen LogP contribution in [0.2, 0.25) is 0 Å². The number of benzene rings is 1. The summed E-state index contributed by atoms with van der Waals surface area (Å²) in [4.78, 5) is 18.2. The van der Waals surface area contributed by atoms with Gasteiger partial charge in [0.05, 0.1) is 19.4 Å². The van der Waals surface area contributed by atoms with E-state index in [0.29, 0.717) is 25.1 Å². The molecule has 2 aliphatic rings. The van der Waals surface area contributed by atoms with E-state index in [9.17, 15) is 0 Å². The quantitative estimate of drug-likeness (QED) is 0.401. The third-order valence-corrected chi connectivity index (χ3v) is 5.26. The third kappa shape index (κ3) is 4.83. The first-order chi connectivity index (χ1) is 13.3. The van der Waals surface area contributed by atoms with Crippen molar-refractivity contribution in [2.75, 3.05) is 54.6 Å². The minimum atomic E-state index is 0.468. The predicted molar refractivity (Wildman–Crippen MR) is 115 cm³/mol. The van der Waals surface area contributed by atoms with Crippen molar-refractivity contribution in [2.24, 2.45) is 5.10 Å². The number of hydrogen-bond acceptors (Lipinski definition) is 8. The van der Waals surface area contributed by atoms with Crippen LogP contribution in [-0.4, -0.2) is 60.6 Å². The summed E-state index contributed by atoms with van der Waals surface area (Å²) in [5, 5.41) is 4.30. The monoisotopic (exact) mass is 479 g/mol. The molecule has 2 fully saturated rings. The lowest BCUT2D eigenvalue weighted by molar-refractivity contribution is 0.122. The molecule has 0 amide bonds. The van der Waals surface area contributed by atoms with E-state index in [0.717, 1.165) is 37.7 Å². The molecule has 4 rings (SSSR count). The van der Waals surface area contributed by atoms with Gasteiger partial charge in [0.15, 0.2) is 0 Å². The molecule has 1 aromatic carbocycles. The van der Waals surface area contributed by atoms with E-state index in [-0.39, 0.29) is 0 Å². The molecule has 27 heavy (non-hydrogen) atoms. The molecule has 0 saturated carbocycles. The summed E-state index contributed by atoms with van der Waals surface area (Å²) in [6.45, 7) is 4.93. The summed E-state index contributed by atoms with van der Waals surface area (Å²) in [6.07, 6.45) is 4.11. The molecule has 0 bridgehead atoms. The SMILES string of the molecule is Ic1ccc(/C=N/Nc2nc(N3CCCC3)nc(N3CCOCC3)n2)cc1. The number of anilines is 3. The number of morpholine rings is 1. The average molecular weight is 479 g/mol. The highest BCUT2D eigenvalue weighted by atomic mass is 127. The molecular formula is C18H22IN7O. The third-order valence-electron chi connectivity index (χ3n) is 4.54. The zero-order valence-corrected chi connectivity index (χ0v) is 17.2. The largest absolute Gasteiger partial charge is 0.378 e. The zero-order chi connectivity index (χ0) is 18.5.